The van der Waals surface area contributed by atoms with Gasteiger partial charge in [0.2, 0.25) is 11.8 Å². The first kappa shape index (κ1) is 21.0. The van der Waals surface area contributed by atoms with Gasteiger partial charge in [-0.1, -0.05) is 36.4 Å². The summed E-state index contributed by atoms with van der Waals surface area (Å²) in [5.41, 5.74) is 1.87. The molecule has 1 N–H and O–H groups in total. The number of ether oxygens (including phenoxy) is 1. The van der Waals surface area contributed by atoms with E-state index in [9.17, 15) is 14.7 Å². The number of pyridine rings is 1. The Morgan fingerprint density at radius 1 is 1.17 bits per heavy atom. The summed E-state index contributed by atoms with van der Waals surface area (Å²) in [7, 11) is 3.19. The molecule has 7 heteroatoms. The Labute approximate surface area is 170 Å². The molecule has 0 radical (unpaired) electrons. The maximum atomic E-state index is 13.1. The Bertz CT molecular complexity index is 815. The minimum Gasteiger partial charge on any atom is -0.394 e. The van der Waals surface area contributed by atoms with Crippen molar-refractivity contribution < 1.29 is 19.4 Å². The Balaban J connectivity index is 1.83. The van der Waals surface area contributed by atoms with E-state index in [0.29, 0.717) is 6.54 Å². The average molecular weight is 397 g/mol. The van der Waals surface area contributed by atoms with Crippen molar-refractivity contribution in [2.24, 2.45) is 0 Å². The Hall–Kier alpha value is -2.77. The topological polar surface area (TPSA) is 83.0 Å². The fourth-order valence-electron chi connectivity index (χ4n) is 4.02. The third-order valence-electron chi connectivity index (χ3n) is 5.44. The number of hydrogen-bond donors (Lipinski definition) is 1. The first-order chi connectivity index (χ1) is 14.1. The summed E-state index contributed by atoms with van der Waals surface area (Å²) in [6.45, 7) is 0.230. The van der Waals surface area contributed by atoms with Gasteiger partial charge in [-0.05, 0) is 17.2 Å². The molecule has 0 spiro atoms. The van der Waals surface area contributed by atoms with E-state index >= 15 is 0 Å². The summed E-state index contributed by atoms with van der Waals surface area (Å²) in [5.74, 6) is -0.273. The number of amides is 2. The van der Waals surface area contributed by atoms with Crippen LogP contribution < -0.4 is 0 Å². The van der Waals surface area contributed by atoms with Gasteiger partial charge in [0.1, 0.15) is 6.61 Å². The predicted octanol–water partition coefficient (Wildman–Crippen LogP) is 1.08. The second-order valence-electron chi connectivity index (χ2n) is 7.30. The number of rotatable bonds is 8. The molecule has 0 saturated carbocycles. The third-order valence-corrected chi connectivity index (χ3v) is 5.44. The minimum absolute atomic E-state index is 0.00766. The molecule has 3 rings (SSSR count). The highest BCUT2D eigenvalue weighted by Crippen LogP contribution is 2.41. The van der Waals surface area contributed by atoms with Crippen molar-refractivity contribution >= 4 is 11.8 Å². The van der Waals surface area contributed by atoms with E-state index < -0.39 is 0 Å². The number of benzene rings is 1. The molecule has 29 heavy (non-hydrogen) atoms. The number of hydrogen-bond acceptors (Lipinski definition) is 5. The quantitative estimate of drug-likeness (QED) is 0.721. The van der Waals surface area contributed by atoms with Crippen LogP contribution >= 0.6 is 0 Å². The fraction of sp³-hybridized carbons (Fsp3) is 0.409. The van der Waals surface area contributed by atoms with Gasteiger partial charge in [-0.3, -0.25) is 14.6 Å². The number of aliphatic hydroxyl groups is 1. The summed E-state index contributed by atoms with van der Waals surface area (Å²) < 4.78 is 4.95. The van der Waals surface area contributed by atoms with E-state index in [-0.39, 0.29) is 49.5 Å². The summed E-state index contributed by atoms with van der Waals surface area (Å²) in [4.78, 5) is 32.7. The summed E-state index contributed by atoms with van der Waals surface area (Å²) in [6.07, 6.45) is 3.54. The van der Waals surface area contributed by atoms with Crippen LogP contribution in [0, 0.1) is 0 Å². The zero-order valence-corrected chi connectivity index (χ0v) is 16.8. The van der Waals surface area contributed by atoms with E-state index in [1.54, 1.807) is 35.3 Å². The normalized spacial score (nSPS) is 20.8. The zero-order chi connectivity index (χ0) is 20.8. The number of aliphatic hydroxyl groups excluding tert-OH is 1. The molecular formula is C22H27N3O4. The number of aromatic nitrogens is 1. The van der Waals surface area contributed by atoms with Gasteiger partial charge in [0.15, 0.2) is 0 Å². The van der Waals surface area contributed by atoms with Gasteiger partial charge < -0.3 is 19.6 Å². The highest BCUT2D eigenvalue weighted by molar-refractivity contribution is 5.81. The zero-order valence-electron chi connectivity index (χ0n) is 16.8. The first-order valence-corrected chi connectivity index (χ1v) is 9.65. The molecule has 1 saturated heterocycles. The molecule has 1 aliphatic rings. The van der Waals surface area contributed by atoms with Crippen molar-refractivity contribution in [3.8, 4) is 0 Å². The lowest BCUT2D eigenvalue weighted by molar-refractivity contribution is -0.154. The van der Waals surface area contributed by atoms with E-state index in [0.717, 1.165) is 11.1 Å². The van der Waals surface area contributed by atoms with Crippen molar-refractivity contribution in [1.29, 1.82) is 0 Å². The molecule has 7 nitrogen and oxygen atoms in total. The second kappa shape index (κ2) is 9.62. The molecule has 154 valence electrons. The van der Waals surface area contributed by atoms with Gasteiger partial charge in [0.05, 0.1) is 25.1 Å². The number of carbonyl (C=O) groups is 2. The third kappa shape index (κ3) is 4.63. The smallest absolute Gasteiger partial charge is 0.248 e. The van der Waals surface area contributed by atoms with Gasteiger partial charge in [0.25, 0.3) is 0 Å². The molecule has 2 amide bonds. The van der Waals surface area contributed by atoms with Crippen molar-refractivity contribution in [2.45, 2.75) is 24.4 Å². The lowest BCUT2D eigenvalue weighted by Crippen LogP contribution is -2.69. The fourth-order valence-corrected chi connectivity index (χ4v) is 4.02. The van der Waals surface area contributed by atoms with Gasteiger partial charge in [-0.25, -0.2) is 0 Å². The number of nitrogens with zero attached hydrogens (tertiary/aromatic N) is 3. The van der Waals surface area contributed by atoms with Crippen molar-refractivity contribution in [2.75, 3.05) is 33.9 Å². The standard InChI is InChI=1S/C22H27N3O4/c1-24(21(28)15-29-2)13-18-22(17-8-4-3-5-9-17)19(14-26)25(18)20(27)11-16-7-6-10-23-12-16/h3-10,12,18-19,22,26H,11,13-15H2,1-2H3/t18-,19-,22-/m0/s1. The molecule has 0 aliphatic carbocycles. The van der Waals surface area contributed by atoms with Gasteiger partial charge >= 0.3 is 0 Å². The largest absolute Gasteiger partial charge is 0.394 e. The molecule has 1 fully saturated rings. The van der Waals surface area contributed by atoms with Crippen LogP contribution in [-0.4, -0.2) is 77.7 Å². The highest BCUT2D eigenvalue weighted by Gasteiger charge is 2.51. The molecule has 0 bridgehead atoms. The molecule has 0 unspecified atom stereocenters. The molecule has 2 heterocycles. The minimum atomic E-state index is -0.322. The molecule has 2 aromatic rings. The second-order valence-corrected chi connectivity index (χ2v) is 7.30. The Morgan fingerprint density at radius 2 is 1.93 bits per heavy atom. The van der Waals surface area contributed by atoms with Crippen LogP contribution in [-0.2, 0) is 20.7 Å². The molecule has 1 aromatic carbocycles. The number of carbonyl (C=O) groups excluding carboxylic acids is 2. The number of likely N-dealkylation sites (N-methyl/N-ethyl adjacent to an activating group) is 1. The Kier molecular flexibility index (Phi) is 6.95. The van der Waals surface area contributed by atoms with Crippen LogP contribution in [0.5, 0.6) is 0 Å². The van der Waals surface area contributed by atoms with Crippen LogP contribution in [0.2, 0.25) is 0 Å². The van der Waals surface area contributed by atoms with Crippen molar-refractivity contribution in [3.05, 3.63) is 66.0 Å². The van der Waals surface area contributed by atoms with Crippen LogP contribution in [0.15, 0.2) is 54.9 Å². The highest BCUT2D eigenvalue weighted by atomic mass is 16.5. The SMILES string of the molecule is COCC(=O)N(C)C[C@H]1[C@H](c2ccccc2)[C@H](CO)N1C(=O)Cc1cccnc1. The molecule has 1 aliphatic heterocycles. The summed E-state index contributed by atoms with van der Waals surface area (Å²) in [5, 5.41) is 10.0. The van der Waals surface area contributed by atoms with E-state index in [2.05, 4.69) is 4.98 Å². The van der Waals surface area contributed by atoms with Crippen molar-refractivity contribution in [1.82, 2.24) is 14.8 Å². The van der Waals surface area contributed by atoms with Crippen LogP contribution in [0.3, 0.4) is 0 Å². The number of likely N-dealkylation sites (tertiary alicyclic amines) is 1. The average Bonchev–Trinajstić information content (AvgIpc) is 2.72. The first-order valence-electron chi connectivity index (χ1n) is 9.65. The predicted molar refractivity (Wildman–Crippen MR) is 108 cm³/mol. The molecule has 1 aromatic heterocycles. The lowest BCUT2D eigenvalue weighted by atomic mass is 9.74. The lowest BCUT2D eigenvalue weighted by Gasteiger charge is -2.56. The molecule has 3 atom stereocenters. The summed E-state index contributed by atoms with van der Waals surface area (Å²) in [6, 6.07) is 12.9. The van der Waals surface area contributed by atoms with Crippen LogP contribution in [0.4, 0.5) is 0 Å². The Morgan fingerprint density at radius 3 is 2.55 bits per heavy atom. The summed E-state index contributed by atoms with van der Waals surface area (Å²) >= 11 is 0. The van der Waals surface area contributed by atoms with Gasteiger partial charge in [-0.2, -0.15) is 0 Å². The van der Waals surface area contributed by atoms with E-state index in [1.165, 1.54) is 7.11 Å². The number of methoxy groups -OCH3 is 1. The van der Waals surface area contributed by atoms with Crippen molar-refractivity contribution in [3.63, 3.8) is 0 Å². The van der Waals surface area contributed by atoms with E-state index in [4.69, 9.17) is 4.74 Å². The molecular weight excluding hydrogens is 370 g/mol. The van der Waals surface area contributed by atoms with E-state index in [1.807, 2.05) is 36.4 Å². The van der Waals surface area contributed by atoms with Gasteiger partial charge in [-0.15, -0.1) is 0 Å². The van der Waals surface area contributed by atoms with Crippen LogP contribution in [0.25, 0.3) is 0 Å². The van der Waals surface area contributed by atoms with Crippen LogP contribution in [0.1, 0.15) is 17.0 Å². The van der Waals surface area contributed by atoms with Gasteiger partial charge in [0, 0.05) is 39.0 Å². The monoisotopic (exact) mass is 397 g/mol. The maximum Gasteiger partial charge on any atom is 0.248 e. The maximum absolute atomic E-state index is 13.1.